The van der Waals surface area contributed by atoms with Crippen LogP contribution in [0.15, 0.2) is 36.4 Å². The molecule has 3 aliphatic heterocycles. The third-order valence-corrected chi connectivity index (χ3v) is 4.84. The molecule has 1 aromatic rings. The van der Waals surface area contributed by atoms with E-state index in [1.165, 1.54) is 11.8 Å². The zero-order chi connectivity index (χ0) is 15.6. The number of anilines is 1. The molecule has 112 valence electrons. The number of hydrogen-bond donors (Lipinski definition) is 0. The minimum atomic E-state index is -0.699. The Morgan fingerprint density at radius 2 is 2.05 bits per heavy atom. The average molecular weight is 297 g/mol. The first kappa shape index (κ1) is 13.4. The second-order valence-corrected chi connectivity index (χ2v) is 6.25. The van der Waals surface area contributed by atoms with E-state index in [-0.39, 0.29) is 23.7 Å². The van der Waals surface area contributed by atoms with Gasteiger partial charge in [0.15, 0.2) is 5.78 Å². The Kier molecular flexibility index (Phi) is 2.52. The molecule has 0 saturated carbocycles. The number of benzene rings is 1. The van der Waals surface area contributed by atoms with E-state index in [1.54, 1.807) is 24.3 Å². The molecule has 22 heavy (non-hydrogen) atoms. The van der Waals surface area contributed by atoms with Crippen molar-refractivity contribution in [2.45, 2.75) is 25.6 Å². The smallest absolute Gasteiger partial charge is 0.241 e. The molecule has 5 nitrogen and oxygen atoms in total. The van der Waals surface area contributed by atoms with Gasteiger partial charge in [-0.25, -0.2) is 4.90 Å². The number of ketones is 1. The van der Waals surface area contributed by atoms with E-state index >= 15 is 0 Å². The summed E-state index contributed by atoms with van der Waals surface area (Å²) >= 11 is 0. The van der Waals surface area contributed by atoms with Crippen LogP contribution >= 0.6 is 0 Å². The van der Waals surface area contributed by atoms with Gasteiger partial charge in [-0.3, -0.25) is 14.4 Å². The number of ether oxygens (including phenoxy) is 1. The number of nitrogens with zero attached hydrogens (tertiary/aromatic N) is 1. The Bertz CT molecular complexity index is 753. The van der Waals surface area contributed by atoms with E-state index in [2.05, 4.69) is 0 Å². The zero-order valence-corrected chi connectivity index (χ0v) is 12.3. The van der Waals surface area contributed by atoms with Crippen molar-refractivity contribution in [1.82, 2.24) is 0 Å². The molecule has 3 heterocycles. The maximum absolute atomic E-state index is 12.8. The molecule has 2 fully saturated rings. The van der Waals surface area contributed by atoms with Crippen LogP contribution < -0.4 is 4.90 Å². The highest BCUT2D eigenvalue weighted by molar-refractivity contribution is 6.23. The third kappa shape index (κ3) is 1.54. The lowest BCUT2D eigenvalue weighted by Crippen LogP contribution is -2.38. The molecular formula is C17H15NO4. The van der Waals surface area contributed by atoms with Crippen LogP contribution in [0.2, 0.25) is 0 Å². The van der Waals surface area contributed by atoms with Crippen molar-refractivity contribution in [2.24, 2.45) is 11.8 Å². The Hall–Kier alpha value is -2.27. The molecule has 5 heteroatoms. The van der Waals surface area contributed by atoms with Crippen LogP contribution in [0.1, 0.15) is 24.2 Å². The average Bonchev–Trinajstić information content (AvgIpc) is 3.08. The maximum Gasteiger partial charge on any atom is 0.241 e. The van der Waals surface area contributed by atoms with Crippen molar-refractivity contribution in [1.29, 1.82) is 0 Å². The number of fused-ring (bicyclic) bond motifs is 5. The summed E-state index contributed by atoms with van der Waals surface area (Å²) in [5.41, 5.74) is 0.244. The van der Waals surface area contributed by atoms with Crippen molar-refractivity contribution in [3.8, 4) is 0 Å². The lowest BCUT2D eigenvalue weighted by atomic mass is 9.78. The summed E-state index contributed by atoms with van der Waals surface area (Å²) in [6.45, 7) is 3.30. The van der Waals surface area contributed by atoms with E-state index in [0.717, 1.165) is 0 Å². The number of rotatable bonds is 2. The number of imide groups is 1. The van der Waals surface area contributed by atoms with E-state index < -0.39 is 17.4 Å². The zero-order valence-electron chi connectivity index (χ0n) is 12.3. The van der Waals surface area contributed by atoms with Gasteiger partial charge in [-0.1, -0.05) is 24.3 Å². The molecule has 2 amide bonds. The van der Waals surface area contributed by atoms with Gasteiger partial charge in [0.2, 0.25) is 11.8 Å². The summed E-state index contributed by atoms with van der Waals surface area (Å²) in [6, 6.07) is 6.64. The van der Waals surface area contributed by atoms with Crippen molar-refractivity contribution < 1.29 is 19.1 Å². The number of amides is 2. The Balaban J connectivity index is 1.77. The fraction of sp³-hybridized carbons (Fsp3) is 0.353. The van der Waals surface area contributed by atoms with Gasteiger partial charge in [0.05, 0.1) is 29.2 Å². The van der Waals surface area contributed by atoms with E-state index in [9.17, 15) is 14.4 Å². The number of hydrogen-bond acceptors (Lipinski definition) is 4. The first-order valence-electron chi connectivity index (χ1n) is 7.28. The molecule has 4 rings (SSSR count). The van der Waals surface area contributed by atoms with Gasteiger partial charge < -0.3 is 4.74 Å². The van der Waals surface area contributed by atoms with Gasteiger partial charge in [-0.2, -0.15) is 0 Å². The van der Waals surface area contributed by atoms with Gasteiger partial charge in [-0.15, -0.1) is 0 Å². The minimum absolute atomic E-state index is 0.0989. The fourth-order valence-electron chi connectivity index (χ4n) is 3.77. The van der Waals surface area contributed by atoms with Crippen LogP contribution in [0.5, 0.6) is 0 Å². The van der Waals surface area contributed by atoms with Gasteiger partial charge >= 0.3 is 0 Å². The Labute approximate surface area is 127 Å². The molecule has 0 radical (unpaired) electrons. The second-order valence-electron chi connectivity index (χ2n) is 6.25. The lowest BCUT2D eigenvalue weighted by Gasteiger charge is -2.24. The molecule has 1 aromatic carbocycles. The highest BCUT2D eigenvalue weighted by Gasteiger charge is 2.66. The Morgan fingerprint density at radius 1 is 1.27 bits per heavy atom. The summed E-state index contributed by atoms with van der Waals surface area (Å²) in [6.07, 6.45) is 3.41. The molecule has 0 aromatic heterocycles. The van der Waals surface area contributed by atoms with E-state index in [0.29, 0.717) is 11.3 Å². The van der Waals surface area contributed by atoms with Crippen molar-refractivity contribution in [3.05, 3.63) is 42.0 Å². The number of carbonyl (C=O) groups is 3. The monoisotopic (exact) mass is 297 g/mol. The molecule has 2 bridgehead atoms. The van der Waals surface area contributed by atoms with Crippen LogP contribution in [0.4, 0.5) is 5.69 Å². The fourth-order valence-corrected chi connectivity index (χ4v) is 3.77. The van der Waals surface area contributed by atoms with Gasteiger partial charge in [0, 0.05) is 5.56 Å². The van der Waals surface area contributed by atoms with Crippen LogP contribution in [0.3, 0.4) is 0 Å². The summed E-state index contributed by atoms with van der Waals surface area (Å²) in [5, 5.41) is 0. The van der Waals surface area contributed by atoms with Crippen molar-refractivity contribution >= 4 is 23.3 Å². The van der Waals surface area contributed by atoms with Crippen molar-refractivity contribution in [3.63, 3.8) is 0 Å². The molecule has 4 atom stereocenters. The van der Waals surface area contributed by atoms with Crippen molar-refractivity contribution in [2.75, 3.05) is 4.90 Å². The number of Topliss-reactive ketones (excluding diaryl/α,β-unsaturated/α-hetero) is 1. The van der Waals surface area contributed by atoms with Crippen LogP contribution in [0, 0.1) is 11.8 Å². The molecule has 2 saturated heterocycles. The van der Waals surface area contributed by atoms with Crippen LogP contribution in [-0.2, 0) is 14.3 Å². The maximum atomic E-state index is 12.8. The highest BCUT2D eigenvalue weighted by Crippen LogP contribution is 2.52. The molecule has 0 unspecified atom stereocenters. The summed E-state index contributed by atoms with van der Waals surface area (Å²) < 4.78 is 5.78. The molecule has 0 aliphatic carbocycles. The van der Waals surface area contributed by atoms with Gasteiger partial charge in [0.1, 0.15) is 0 Å². The van der Waals surface area contributed by atoms with Crippen LogP contribution in [0.25, 0.3) is 0 Å². The minimum Gasteiger partial charge on any atom is -0.362 e. The second kappa shape index (κ2) is 4.14. The first-order chi connectivity index (χ1) is 10.4. The largest absolute Gasteiger partial charge is 0.362 e. The topological polar surface area (TPSA) is 63.7 Å². The molecule has 3 aliphatic rings. The number of carbonyl (C=O) groups excluding carboxylic acids is 3. The highest BCUT2D eigenvalue weighted by atomic mass is 16.5. The van der Waals surface area contributed by atoms with E-state index in [1.807, 2.05) is 19.1 Å². The van der Waals surface area contributed by atoms with Crippen LogP contribution in [-0.4, -0.2) is 29.3 Å². The molecular weight excluding hydrogens is 282 g/mol. The predicted molar refractivity (Wildman–Crippen MR) is 78.3 cm³/mol. The Morgan fingerprint density at radius 3 is 2.73 bits per heavy atom. The normalized spacial score (nSPS) is 35.4. The SMILES string of the molecule is CC(=O)c1cccc(N2C(=O)[C@@H]3[C@@H]4C=C[C@@](C)(O4)[C@@H]3C2=O)c1. The predicted octanol–water partition coefficient (Wildman–Crippen LogP) is 1.72. The molecule has 0 spiro atoms. The lowest BCUT2D eigenvalue weighted by molar-refractivity contribution is -0.126. The summed E-state index contributed by atoms with van der Waals surface area (Å²) in [4.78, 5) is 38.2. The summed E-state index contributed by atoms with van der Waals surface area (Å²) in [5.74, 6) is -1.52. The standard InChI is InChI=1S/C17H15NO4/c1-9(19)10-4-3-5-11(8-10)18-15(20)13-12-6-7-17(2,22-12)14(13)16(18)21/h3-8,12-14H,1-2H3/t12-,13+,14-,17+/m0/s1. The van der Waals surface area contributed by atoms with E-state index in [4.69, 9.17) is 4.74 Å². The van der Waals surface area contributed by atoms with Gasteiger partial charge in [-0.05, 0) is 26.0 Å². The first-order valence-corrected chi connectivity index (χ1v) is 7.28. The quantitative estimate of drug-likeness (QED) is 0.474. The summed E-state index contributed by atoms with van der Waals surface area (Å²) in [7, 11) is 0. The molecule has 0 N–H and O–H groups in total. The third-order valence-electron chi connectivity index (χ3n) is 4.84. The van der Waals surface area contributed by atoms with Gasteiger partial charge in [0.25, 0.3) is 0 Å².